The highest BCUT2D eigenvalue weighted by Gasteiger charge is 2.22. The zero-order chi connectivity index (χ0) is 24.7. The van der Waals surface area contributed by atoms with Gasteiger partial charge in [-0.05, 0) is 49.1 Å². The van der Waals surface area contributed by atoms with Gasteiger partial charge in [-0.3, -0.25) is 4.79 Å². The number of carbonyl (C=O) groups excluding carboxylic acids is 1. The summed E-state index contributed by atoms with van der Waals surface area (Å²) in [5, 5.41) is 14.9. The van der Waals surface area contributed by atoms with Gasteiger partial charge in [-0.15, -0.1) is 11.3 Å². The second-order valence-electron chi connectivity index (χ2n) is 8.42. The van der Waals surface area contributed by atoms with Crippen molar-refractivity contribution in [3.8, 4) is 17.0 Å². The van der Waals surface area contributed by atoms with Crippen LogP contribution >= 0.6 is 11.3 Å². The molecule has 0 saturated carbocycles. The number of hydrogen-bond donors (Lipinski definition) is 2. The molecule has 0 spiro atoms. The molecule has 1 unspecified atom stereocenters. The minimum atomic E-state index is -1.02. The predicted molar refractivity (Wildman–Crippen MR) is 136 cm³/mol. The first kappa shape index (κ1) is 25.2. The molecule has 1 atom stereocenters. The Kier molecular flexibility index (Phi) is 8.65. The van der Waals surface area contributed by atoms with E-state index < -0.39 is 12.0 Å². The van der Waals surface area contributed by atoms with Crippen LogP contribution in [0.15, 0.2) is 53.9 Å². The van der Waals surface area contributed by atoms with E-state index in [0.29, 0.717) is 18.5 Å². The minimum absolute atomic E-state index is 0.165. The van der Waals surface area contributed by atoms with E-state index in [9.17, 15) is 14.7 Å². The van der Waals surface area contributed by atoms with Gasteiger partial charge in [0.25, 0.3) is 5.91 Å². The standard InChI is InChI=1S/C26H31N3O4S/c1-5-29(26-28-22(16-34-26)20-8-6-7-9-23(20)33-4)15-18-10-12-19(13-11-18)24(30)27-21(25(31)32)14-17(2)3/h6-13,16-17,21H,5,14-15H2,1-4H3,(H,27,30)(H,31,32). The Morgan fingerprint density at radius 2 is 1.85 bits per heavy atom. The van der Waals surface area contributed by atoms with Crippen LogP contribution in [-0.4, -0.2) is 41.7 Å². The quantitative estimate of drug-likeness (QED) is 0.397. The molecule has 2 aromatic carbocycles. The van der Waals surface area contributed by atoms with Crippen LogP contribution in [0.4, 0.5) is 5.13 Å². The fraction of sp³-hybridized carbons (Fsp3) is 0.346. The Morgan fingerprint density at radius 1 is 1.15 bits per heavy atom. The second-order valence-corrected chi connectivity index (χ2v) is 9.26. The number of carboxylic acids is 1. The van der Waals surface area contributed by atoms with Crippen LogP contribution in [0.25, 0.3) is 11.3 Å². The molecule has 1 amide bonds. The molecule has 0 bridgehead atoms. The lowest BCUT2D eigenvalue weighted by Gasteiger charge is -2.20. The Morgan fingerprint density at radius 3 is 2.47 bits per heavy atom. The Bertz CT molecular complexity index is 1110. The number of nitrogens with zero attached hydrogens (tertiary/aromatic N) is 2. The molecule has 0 aliphatic carbocycles. The van der Waals surface area contributed by atoms with Crippen molar-refractivity contribution in [2.75, 3.05) is 18.6 Å². The lowest BCUT2D eigenvalue weighted by Crippen LogP contribution is -2.41. The van der Waals surface area contributed by atoms with Gasteiger partial charge in [0.1, 0.15) is 11.8 Å². The zero-order valence-electron chi connectivity index (χ0n) is 19.9. The van der Waals surface area contributed by atoms with Crippen LogP contribution in [-0.2, 0) is 11.3 Å². The van der Waals surface area contributed by atoms with Crippen LogP contribution in [0.3, 0.4) is 0 Å². The third-order valence-electron chi connectivity index (χ3n) is 5.43. The molecule has 8 heteroatoms. The van der Waals surface area contributed by atoms with E-state index in [2.05, 4.69) is 17.1 Å². The minimum Gasteiger partial charge on any atom is -0.496 e. The predicted octanol–water partition coefficient (Wildman–Crippen LogP) is 5.07. The number of hydrogen-bond acceptors (Lipinski definition) is 6. The first-order chi connectivity index (χ1) is 16.3. The van der Waals surface area contributed by atoms with Gasteiger partial charge in [0, 0.05) is 29.6 Å². The molecule has 3 aromatic rings. The average molecular weight is 482 g/mol. The molecule has 180 valence electrons. The Balaban J connectivity index is 1.69. The molecule has 2 N–H and O–H groups in total. The van der Waals surface area contributed by atoms with Gasteiger partial charge in [0.15, 0.2) is 5.13 Å². The molecule has 0 saturated heterocycles. The first-order valence-electron chi connectivity index (χ1n) is 11.3. The summed E-state index contributed by atoms with van der Waals surface area (Å²) in [6, 6.07) is 14.2. The van der Waals surface area contributed by atoms with Crippen molar-refractivity contribution in [2.45, 2.75) is 39.8 Å². The molecule has 7 nitrogen and oxygen atoms in total. The van der Waals surface area contributed by atoms with Crippen LogP contribution < -0.4 is 15.0 Å². The van der Waals surface area contributed by atoms with E-state index in [1.54, 1.807) is 30.6 Å². The van der Waals surface area contributed by atoms with Crippen molar-refractivity contribution in [2.24, 2.45) is 5.92 Å². The fourth-order valence-corrected chi connectivity index (χ4v) is 4.51. The summed E-state index contributed by atoms with van der Waals surface area (Å²) >= 11 is 1.58. The topological polar surface area (TPSA) is 91.8 Å². The van der Waals surface area contributed by atoms with Crippen molar-refractivity contribution < 1.29 is 19.4 Å². The number of amides is 1. The number of thiazole rings is 1. The van der Waals surface area contributed by atoms with Crippen molar-refractivity contribution in [3.05, 3.63) is 65.0 Å². The van der Waals surface area contributed by atoms with Gasteiger partial charge in [-0.2, -0.15) is 0 Å². The van der Waals surface area contributed by atoms with E-state index in [-0.39, 0.29) is 11.8 Å². The molecule has 34 heavy (non-hydrogen) atoms. The van der Waals surface area contributed by atoms with Gasteiger partial charge >= 0.3 is 5.97 Å². The maximum atomic E-state index is 12.5. The van der Waals surface area contributed by atoms with Gasteiger partial charge < -0.3 is 20.1 Å². The normalized spacial score (nSPS) is 11.8. The smallest absolute Gasteiger partial charge is 0.326 e. The number of ether oxygens (including phenoxy) is 1. The molecule has 3 rings (SSSR count). The Hall–Kier alpha value is -3.39. The summed E-state index contributed by atoms with van der Waals surface area (Å²) in [6.07, 6.45) is 0.384. The summed E-state index contributed by atoms with van der Waals surface area (Å²) in [7, 11) is 1.65. The number of aliphatic carboxylic acids is 1. The second kappa shape index (κ2) is 11.7. The number of para-hydroxylation sites is 1. The molecule has 1 heterocycles. The lowest BCUT2D eigenvalue weighted by molar-refractivity contribution is -0.139. The number of aromatic nitrogens is 1. The average Bonchev–Trinajstić information content (AvgIpc) is 3.32. The fourth-order valence-electron chi connectivity index (χ4n) is 3.62. The number of nitrogens with one attached hydrogen (secondary N) is 1. The van der Waals surface area contributed by atoms with E-state index in [1.165, 1.54) is 0 Å². The summed E-state index contributed by atoms with van der Waals surface area (Å²) in [5.74, 6) is -0.450. The first-order valence-corrected chi connectivity index (χ1v) is 12.2. The third kappa shape index (κ3) is 6.35. The van der Waals surface area contributed by atoms with Crippen LogP contribution in [0.1, 0.15) is 43.1 Å². The molecular formula is C26H31N3O4S. The van der Waals surface area contributed by atoms with E-state index in [4.69, 9.17) is 9.72 Å². The maximum Gasteiger partial charge on any atom is 0.326 e. The third-order valence-corrected chi connectivity index (χ3v) is 6.33. The van der Waals surface area contributed by atoms with Crippen LogP contribution in [0, 0.1) is 5.92 Å². The number of carboxylic acid groups (broad SMARTS) is 1. The number of rotatable bonds is 11. The zero-order valence-corrected chi connectivity index (χ0v) is 20.8. The number of carbonyl (C=O) groups is 2. The number of anilines is 1. The molecule has 0 fully saturated rings. The summed E-state index contributed by atoms with van der Waals surface area (Å²) < 4.78 is 5.46. The van der Waals surface area contributed by atoms with Crippen LogP contribution in [0.5, 0.6) is 5.75 Å². The van der Waals surface area contributed by atoms with E-state index >= 15 is 0 Å². The summed E-state index contributed by atoms with van der Waals surface area (Å²) in [5.41, 5.74) is 3.30. The molecule has 1 aromatic heterocycles. The van der Waals surface area contributed by atoms with Crippen LogP contribution in [0.2, 0.25) is 0 Å². The largest absolute Gasteiger partial charge is 0.496 e. The SMILES string of the molecule is CCN(Cc1ccc(C(=O)NC(CC(C)C)C(=O)O)cc1)c1nc(-c2ccccc2OC)cs1. The van der Waals surface area contributed by atoms with Crippen molar-refractivity contribution in [1.82, 2.24) is 10.3 Å². The number of methoxy groups -OCH3 is 1. The van der Waals surface area contributed by atoms with Crippen molar-refractivity contribution >= 4 is 28.3 Å². The molecule has 0 aliphatic rings. The highest BCUT2D eigenvalue weighted by atomic mass is 32.1. The summed E-state index contributed by atoms with van der Waals surface area (Å²) in [4.78, 5) is 31.0. The van der Waals surface area contributed by atoms with E-state index in [1.807, 2.05) is 55.6 Å². The summed E-state index contributed by atoms with van der Waals surface area (Å²) in [6.45, 7) is 7.35. The molecule has 0 radical (unpaired) electrons. The molecule has 0 aliphatic heterocycles. The van der Waals surface area contributed by atoms with Crippen molar-refractivity contribution in [1.29, 1.82) is 0 Å². The van der Waals surface area contributed by atoms with Crippen molar-refractivity contribution in [3.63, 3.8) is 0 Å². The van der Waals surface area contributed by atoms with Gasteiger partial charge in [0.2, 0.25) is 0 Å². The molecular weight excluding hydrogens is 450 g/mol. The maximum absolute atomic E-state index is 12.5. The van der Waals surface area contributed by atoms with Gasteiger partial charge in [-0.1, -0.05) is 38.1 Å². The lowest BCUT2D eigenvalue weighted by atomic mass is 10.0. The van der Waals surface area contributed by atoms with Gasteiger partial charge in [0.05, 0.1) is 12.8 Å². The number of benzene rings is 2. The Labute approximate surface area is 204 Å². The van der Waals surface area contributed by atoms with E-state index in [0.717, 1.165) is 34.2 Å². The monoisotopic (exact) mass is 481 g/mol. The van der Waals surface area contributed by atoms with Gasteiger partial charge in [-0.25, -0.2) is 9.78 Å². The highest BCUT2D eigenvalue weighted by molar-refractivity contribution is 7.14. The highest BCUT2D eigenvalue weighted by Crippen LogP contribution is 2.33.